The number of hydrogen-bond donors (Lipinski definition) is 2. The van der Waals surface area contributed by atoms with E-state index in [-0.39, 0.29) is 5.91 Å². The van der Waals surface area contributed by atoms with Crippen LogP contribution in [0, 0.1) is 0 Å². The maximum atomic E-state index is 11.9. The predicted molar refractivity (Wildman–Crippen MR) is 80.2 cm³/mol. The van der Waals surface area contributed by atoms with Gasteiger partial charge in [-0.1, -0.05) is 11.8 Å². The summed E-state index contributed by atoms with van der Waals surface area (Å²) in [5, 5.41) is 13.6. The summed E-state index contributed by atoms with van der Waals surface area (Å²) >= 11 is 1.33. The van der Waals surface area contributed by atoms with Crippen molar-refractivity contribution < 1.29 is 9.59 Å². The van der Waals surface area contributed by atoms with E-state index < -0.39 is 11.3 Å². The highest BCUT2D eigenvalue weighted by Crippen LogP contribution is 2.40. The molecule has 1 fully saturated rings. The molecule has 116 valence electrons. The normalized spacial score (nSPS) is 15.6. The highest BCUT2D eigenvalue weighted by Gasteiger charge is 2.30. The van der Waals surface area contributed by atoms with Crippen molar-refractivity contribution in [3.05, 3.63) is 5.82 Å². The monoisotopic (exact) mass is 311 g/mol. The minimum atomic E-state index is -0.467. The van der Waals surface area contributed by atoms with E-state index in [9.17, 15) is 9.59 Å². The van der Waals surface area contributed by atoms with Crippen molar-refractivity contribution in [2.24, 2.45) is 0 Å². The average molecular weight is 311 g/mol. The molecule has 1 atom stereocenters. The standard InChI is InChI=1S/C13H21N5O2S/c1-4-14-12(20)15-11(19)8(3)21-13-17-16-10(9-6-7-9)18(13)5-2/h8-9H,4-7H2,1-3H3,(H2,14,15,19,20). The lowest BCUT2D eigenvalue weighted by Gasteiger charge is -2.12. The van der Waals surface area contributed by atoms with Gasteiger partial charge >= 0.3 is 6.03 Å². The van der Waals surface area contributed by atoms with Crippen LogP contribution < -0.4 is 10.6 Å². The Labute approximate surface area is 128 Å². The minimum Gasteiger partial charge on any atom is -0.338 e. The molecule has 3 amide bonds. The van der Waals surface area contributed by atoms with E-state index in [1.54, 1.807) is 13.8 Å². The molecule has 1 aliphatic rings. The topological polar surface area (TPSA) is 88.9 Å². The van der Waals surface area contributed by atoms with Gasteiger partial charge in [0.1, 0.15) is 5.82 Å². The molecule has 2 rings (SSSR count). The zero-order valence-electron chi connectivity index (χ0n) is 12.5. The molecular formula is C13H21N5O2S. The van der Waals surface area contributed by atoms with Gasteiger partial charge in [-0.15, -0.1) is 10.2 Å². The fourth-order valence-corrected chi connectivity index (χ4v) is 2.88. The van der Waals surface area contributed by atoms with Crippen molar-refractivity contribution in [1.82, 2.24) is 25.4 Å². The van der Waals surface area contributed by atoms with E-state index in [4.69, 9.17) is 0 Å². The van der Waals surface area contributed by atoms with Gasteiger partial charge in [0.2, 0.25) is 5.91 Å². The Morgan fingerprint density at radius 2 is 2.10 bits per heavy atom. The van der Waals surface area contributed by atoms with Gasteiger partial charge in [0.25, 0.3) is 0 Å². The lowest BCUT2D eigenvalue weighted by Crippen LogP contribution is -2.42. The Bertz CT molecular complexity index is 527. The number of thioether (sulfide) groups is 1. The molecule has 1 aliphatic carbocycles. The Kier molecular flexibility index (Phi) is 5.22. The van der Waals surface area contributed by atoms with Crippen LogP contribution in [0.15, 0.2) is 5.16 Å². The van der Waals surface area contributed by atoms with Gasteiger partial charge in [0.15, 0.2) is 5.16 Å². The highest BCUT2D eigenvalue weighted by molar-refractivity contribution is 8.00. The van der Waals surface area contributed by atoms with Crippen LogP contribution in [0.5, 0.6) is 0 Å². The van der Waals surface area contributed by atoms with Crippen molar-refractivity contribution in [1.29, 1.82) is 0 Å². The van der Waals surface area contributed by atoms with Crippen LogP contribution in [-0.2, 0) is 11.3 Å². The molecule has 1 heterocycles. The summed E-state index contributed by atoms with van der Waals surface area (Å²) in [6.45, 7) is 6.86. The van der Waals surface area contributed by atoms with Crippen LogP contribution in [0.1, 0.15) is 45.4 Å². The van der Waals surface area contributed by atoms with E-state index in [0.717, 1.165) is 30.4 Å². The van der Waals surface area contributed by atoms with Gasteiger partial charge in [-0.25, -0.2) is 4.79 Å². The number of carbonyl (C=O) groups excluding carboxylic acids is 2. The van der Waals surface area contributed by atoms with Crippen LogP contribution in [0.3, 0.4) is 0 Å². The Balaban J connectivity index is 1.97. The number of carbonyl (C=O) groups is 2. The summed E-state index contributed by atoms with van der Waals surface area (Å²) < 4.78 is 2.05. The Morgan fingerprint density at radius 3 is 2.67 bits per heavy atom. The van der Waals surface area contributed by atoms with Gasteiger partial charge in [0.05, 0.1) is 5.25 Å². The van der Waals surface area contributed by atoms with E-state index >= 15 is 0 Å². The number of rotatable bonds is 6. The van der Waals surface area contributed by atoms with Crippen LogP contribution in [0.25, 0.3) is 0 Å². The number of imide groups is 1. The number of nitrogens with one attached hydrogen (secondary N) is 2. The number of urea groups is 1. The van der Waals surface area contributed by atoms with Crippen LogP contribution in [-0.4, -0.2) is 38.5 Å². The van der Waals surface area contributed by atoms with Gasteiger partial charge in [0, 0.05) is 19.0 Å². The van der Waals surface area contributed by atoms with Crippen molar-refractivity contribution in [2.75, 3.05) is 6.54 Å². The fraction of sp³-hybridized carbons (Fsp3) is 0.692. The second-order valence-electron chi connectivity index (χ2n) is 4.97. The predicted octanol–water partition coefficient (Wildman–Crippen LogP) is 1.50. The lowest BCUT2D eigenvalue weighted by molar-refractivity contribution is -0.119. The molecule has 21 heavy (non-hydrogen) atoms. The van der Waals surface area contributed by atoms with Gasteiger partial charge in [-0.05, 0) is 33.6 Å². The van der Waals surface area contributed by atoms with Crippen LogP contribution >= 0.6 is 11.8 Å². The van der Waals surface area contributed by atoms with E-state index in [1.807, 2.05) is 6.92 Å². The van der Waals surface area contributed by atoms with Crippen LogP contribution in [0.2, 0.25) is 0 Å². The number of hydrogen-bond acceptors (Lipinski definition) is 5. The van der Waals surface area contributed by atoms with Crippen molar-refractivity contribution in [3.63, 3.8) is 0 Å². The lowest BCUT2D eigenvalue weighted by atomic mass is 10.4. The van der Waals surface area contributed by atoms with Gasteiger partial charge in [-0.3, -0.25) is 10.1 Å². The molecule has 0 radical (unpaired) electrons. The molecule has 0 bridgehead atoms. The quantitative estimate of drug-likeness (QED) is 0.777. The second kappa shape index (κ2) is 6.93. The molecule has 0 saturated heterocycles. The zero-order chi connectivity index (χ0) is 15.4. The third-order valence-corrected chi connectivity index (χ3v) is 4.31. The SMILES string of the molecule is CCNC(=O)NC(=O)C(C)Sc1nnc(C2CC2)n1CC. The summed E-state index contributed by atoms with van der Waals surface area (Å²) in [7, 11) is 0. The van der Waals surface area contributed by atoms with Crippen molar-refractivity contribution in [2.45, 2.75) is 56.5 Å². The Morgan fingerprint density at radius 1 is 1.38 bits per heavy atom. The van der Waals surface area contributed by atoms with E-state index in [1.165, 1.54) is 11.8 Å². The number of aromatic nitrogens is 3. The summed E-state index contributed by atoms with van der Waals surface area (Å²) in [6, 6.07) is -0.467. The van der Waals surface area contributed by atoms with Crippen molar-refractivity contribution >= 4 is 23.7 Å². The van der Waals surface area contributed by atoms with E-state index in [2.05, 4.69) is 25.4 Å². The molecule has 1 unspecified atom stereocenters. The third-order valence-electron chi connectivity index (χ3n) is 3.23. The van der Waals surface area contributed by atoms with Gasteiger partial charge < -0.3 is 9.88 Å². The first-order valence-corrected chi connectivity index (χ1v) is 8.13. The molecule has 0 aromatic carbocycles. The molecule has 0 spiro atoms. The Hall–Kier alpha value is -1.57. The largest absolute Gasteiger partial charge is 0.338 e. The third kappa shape index (κ3) is 3.96. The first-order valence-electron chi connectivity index (χ1n) is 7.25. The molecule has 1 aromatic heterocycles. The highest BCUT2D eigenvalue weighted by atomic mass is 32.2. The first-order chi connectivity index (χ1) is 10.1. The molecular weight excluding hydrogens is 290 g/mol. The number of nitrogens with zero attached hydrogens (tertiary/aromatic N) is 3. The number of amides is 3. The average Bonchev–Trinajstić information content (AvgIpc) is 3.20. The summed E-state index contributed by atoms with van der Waals surface area (Å²) in [4.78, 5) is 23.3. The maximum absolute atomic E-state index is 11.9. The summed E-state index contributed by atoms with van der Waals surface area (Å²) in [5.41, 5.74) is 0. The summed E-state index contributed by atoms with van der Waals surface area (Å²) in [6.07, 6.45) is 2.33. The first kappa shape index (κ1) is 15.8. The molecule has 2 N–H and O–H groups in total. The zero-order valence-corrected chi connectivity index (χ0v) is 13.4. The smallest absolute Gasteiger partial charge is 0.321 e. The van der Waals surface area contributed by atoms with Crippen LogP contribution in [0.4, 0.5) is 4.79 Å². The molecule has 7 nitrogen and oxygen atoms in total. The van der Waals surface area contributed by atoms with E-state index in [0.29, 0.717) is 12.5 Å². The fourth-order valence-electron chi connectivity index (χ4n) is 1.96. The molecule has 1 saturated carbocycles. The summed E-state index contributed by atoms with van der Waals surface area (Å²) in [5.74, 6) is 1.20. The molecule has 0 aliphatic heterocycles. The maximum Gasteiger partial charge on any atom is 0.321 e. The molecule has 8 heteroatoms. The van der Waals surface area contributed by atoms with Crippen molar-refractivity contribution in [3.8, 4) is 0 Å². The second-order valence-corrected chi connectivity index (χ2v) is 6.28. The minimum absolute atomic E-state index is 0.329. The molecule has 1 aromatic rings. The van der Waals surface area contributed by atoms with Gasteiger partial charge in [-0.2, -0.15) is 0 Å².